The molecule has 0 amide bonds. The minimum Gasteiger partial charge on any atom is -0.481 e. The van der Waals surface area contributed by atoms with Gasteiger partial charge in [0.05, 0.1) is 12.2 Å². The van der Waals surface area contributed by atoms with Crippen molar-refractivity contribution in [3.8, 4) is 0 Å². The lowest BCUT2D eigenvalue weighted by Crippen LogP contribution is -1.92. The van der Waals surface area contributed by atoms with Gasteiger partial charge in [0, 0.05) is 6.42 Å². The minimum absolute atomic E-state index is 0.283. The standard InChI is InChI=1S/C20H34O3/c1-2-18-19(23-18)16-14-12-10-8-6-4-3-5-7-9-11-13-15-17-20(21)22/h9,11-12,14,18-19H,2-8,10,13,15-17H2,1H3,(H,21,22). The Morgan fingerprint density at radius 1 is 0.870 bits per heavy atom. The fourth-order valence-corrected chi connectivity index (χ4v) is 2.76. The number of ether oxygens (including phenoxy) is 1. The second-order valence-electron chi connectivity index (χ2n) is 6.43. The fourth-order valence-electron chi connectivity index (χ4n) is 2.76. The molecule has 1 aliphatic heterocycles. The van der Waals surface area contributed by atoms with E-state index in [0.29, 0.717) is 12.2 Å². The van der Waals surface area contributed by atoms with Crippen LogP contribution in [0.2, 0.25) is 0 Å². The molecule has 1 N–H and O–H groups in total. The molecule has 1 rings (SSSR count). The highest BCUT2D eigenvalue weighted by Gasteiger charge is 2.35. The predicted octanol–water partition coefficient (Wildman–Crippen LogP) is 5.65. The van der Waals surface area contributed by atoms with Crippen LogP contribution in [0.4, 0.5) is 0 Å². The number of carboxylic acid groups (broad SMARTS) is 1. The van der Waals surface area contributed by atoms with Crippen molar-refractivity contribution in [2.45, 2.75) is 96.2 Å². The van der Waals surface area contributed by atoms with Gasteiger partial charge in [0.25, 0.3) is 0 Å². The van der Waals surface area contributed by atoms with E-state index in [2.05, 4.69) is 31.2 Å². The Labute approximate surface area is 141 Å². The molecule has 2 unspecified atom stereocenters. The molecule has 132 valence electrons. The zero-order valence-corrected chi connectivity index (χ0v) is 14.7. The summed E-state index contributed by atoms with van der Waals surface area (Å²) in [5, 5.41) is 8.52. The summed E-state index contributed by atoms with van der Waals surface area (Å²) >= 11 is 0. The van der Waals surface area contributed by atoms with Gasteiger partial charge in [-0.05, 0) is 51.4 Å². The van der Waals surface area contributed by atoms with Gasteiger partial charge in [-0.1, -0.05) is 50.5 Å². The van der Waals surface area contributed by atoms with Gasteiger partial charge >= 0.3 is 5.97 Å². The Morgan fingerprint density at radius 3 is 2.00 bits per heavy atom. The van der Waals surface area contributed by atoms with Gasteiger partial charge in [-0.2, -0.15) is 0 Å². The highest BCUT2D eigenvalue weighted by Crippen LogP contribution is 2.28. The molecule has 0 saturated carbocycles. The van der Waals surface area contributed by atoms with Crippen molar-refractivity contribution in [1.82, 2.24) is 0 Å². The second kappa shape index (κ2) is 13.4. The van der Waals surface area contributed by atoms with Gasteiger partial charge in [-0.25, -0.2) is 0 Å². The van der Waals surface area contributed by atoms with Crippen LogP contribution in [0.25, 0.3) is 0 Å². The molecule has 0 aliphatic carbocycles. The first-order chi connectivity index (χ1) is 11.2. The zero-order chi connectivity index (χ0) is 16.8. The molecule has 0 aromatic carbocycles. The van der Waals surface area contributed by atoms with Crippen molar-refractivity contribution < 1.29 is 14.6 Å². The number of hydrogen-bond donors (Lipinski definition) is 1. The lowest BCUT2D eigenvalue weighted by Gasteiger charge is -1.98. The smallest absolute Gasteiger partial charge is 0.303 e. The highest BCUT2D eigenvalue weighted by molar-refractivity contribution is 5.66. The summed E-state index contributed by atoms with van der Waals surface area (Å²) in [7, 11) is 0. The molecule has 1 saturated heterocycles. The van der Waals surface area contributed by atoms with Crippen LogP contribution in [0.15, 0.2) is 24.3 Å². The molecule has 1 aliphatic rings. The lowest BCUT2D eigenvalue weighted by atomic mass is 10.1. The van der Waals surface area contributed by atoms with Gasteiger partial charge in [-0.3, -0.25) is 4.79 Å². The Morgan fingerprint density at radius 2 is 1.43 bits per heavy atom. The number of hydrogen-bond acceptors (Lipinski definition) is 2. The van der Waals surface area contributed by atoms with Gasteiger partial charge in [-0.15, -0.1) is 0 Å². The first kappa shape index (κ1) is 20.0. The number of allylic oxidation sites excluding steroid dienone is 3. The van der Waals surface area contributed by atoms with Crippen molar-refractivity contribution in [2.75, 3.05) is 0 Å². The maximum atomic E-state index is 10.3. The molecule has 0 radical (unpaired) electrons. The third-order valence-corrected chi connectivity index (χ3v) is 4.29. The van der Waals surface area contributed by atoms with E-state index >= 15 is 0 Å². The molecule has 3 heteroatoms. The molecule has 0 aromatic rings. The van der Waals surface area contributed by atoms with E-state index in [-0.39, 0.29) is 6.42 Å². The van der Waals surface area contributed by atoms with Crippen LogP contribution in [0.5, 0.6) is 0 Å². The van der Waals surface area contributed by atoms with Crippen LogP contribution in [-0.4, -0.2) is 23.3 Å². The van der Waals surface area contributed by atoms with Crippen LogP contribution < -0.4 is 0 Å². The van der Waals surface area contributed by atoms with Crippen molar-refractivity contribution in [3.63, 3.8) is 0 Å². The summed E-state index contributed by atoms with van der Waals surface area (Å²) in [4.78, 5) is 10.3. The van der Waals surface area contributed by atoms with Crippen LogP contribution >= 0.6 is 0 Å². The van der Waals surface area contributed by atoms with Crippen LogP contribution in [0, 0.1) is 0 Å². The quantitative estimate of drug-likeness (QED) is 0.241. The summed E-state index contributed by atoms with van der Waals surface area (Å²) in [6.45, 7) is 2.18. The van der Waals surface area contributed by atoms with Crippen molar-refractivity contribution in [3.05, 3.63) is 24.3 Å². The van der Waals surface area contributed by atoms with Crippen LogP contribution in [0.1, 0.15) is 84.0 Å². The SMILES string of the molecule is CCC1OC1CC=CCCCCCCCC=CCCCC(=O)O. The summed E-state index contributed by atoms with van der Waals surface area (Å²) in [6.07, 6.45) is 23.0. The molecule has 2 atom stereocenters. The Bertz CT molecular complexity index is 360. The first-order valence-electron chi connectivity index (χ1n) is 9.41. The van der Waals surface area contributed by atoms with E-state index in [9.17, 15) is 4.79 Å². The lowest BCUT2D eigenvalue weighted by molar-refractivity contribution is -0.137. The van der Waals surface area contributed by atoms with Gasteiger partial charge in [0.1, 0.15) is 0 Å². The molecule has 23 heavy (non-hydrogen) atoms. The number of carboxylic acids is 1. The maximum Gasteiger partial charge on any atom is 0.303 e. The van der Waals surface area contributed by atoms with E-state index in [1.165, 1.54) is 38.5 Å². The highest BCUT2D eigenvalue weighted by atomic mass is 16.6. The van der Waals surface area contributed by atoms with Crippen LogP contribution in [-0.2, 0) is 9.53 Å². The Hall–Kier alpha value is -1.09. The summed E-state index contributed by atoms with van der Waals surface area (Å²) in [5.74, 6) is -0.695. The summed E-state index contributed by atoms with van der Waals surface area (Å²) < 4.78 is 5.51. The Kier molecular flexibility index (Phi) is 11.6. The molecular formula is C20H34O3. The predicted molar refractivity (Wildman–Crippen MR) is 95.7 cm³/mol. The topological polar surface area (TPSA) is 49.8 Å². The summed E-state index contributed by atoms with van der Waals surface area (Å²) in [5.41, 5.74) is 0. The Balaban J connectivity index is 1.75. The fraction of sp³-hybridized carbons (Fsp3) is 0.750. The average molecular weight is 322 g/mol. The molecule has 0 bridgehead atoms. The van der Waals surface area contributed by atoms with Gasteiger partial charge in [0.15, 0.2) is 0 Å². The number of rotatable bonds is 15. The molecule has 0 aromatic heterocycles. The molecule has 0 spiro atoms. The normalized spacial score (nSPS) is 20.6. The number of unbranched alkanes of at least 4 members (excludes halogenated alkanes) is 7. The van der Waals surface area contributed by atoms with Gasteiger partial charge in [0.2, 0.25) is 0 Å². The van der Waals surface area contributed by atoms with E-state index in [1.54, 1.807) is 0 Å². The summed E-state index contributed by atoms with van der Waals surface area (Å²) in [6, 6.07) is 0. The van der Waals surface area contributed by atoms with E-state index < -0.39 is 5.97 Å². The largest absolute Gasteiger partial charge is 0.481 e. The second-order valence-corrected chi connectivity index (χ2v) is 6.43. The third-order valence-electron chi connectivity index (χ3n) is 4.29. The van der Waals surface area contributed by atoms with E-state index in [4.69, 9.17) is 9.84 Å². The number of aliphatic carboxylic acids is 1. The molecule has 3 nitrogen and oxygen atoms in total. The molecule has 1 fully saturated rings. The number of carbonyl (C=O) groups is 1. The first-order valence-corrected chi connectivity index (χ1v) is 9.41. The molecule has 1 heterocycles. The monoisotopic (exact) mass is 322 g/mol. The van der Waals surface area contributed by atoms with Crippen molar-refractivity contribution in [2.24, 2.45) is 0 Å². The number of epoxide rings is 1. The molecular weight excluding hydrogens is 288 g/mol. The third kappa shape index (κ3) is 12.1. The zero-order valence-electron chi connectivity index (χ0n) is 14.7. The van der Waals surface area contributed by atoms with Crippen molar-refractivity contribution in [1.29, 1.82) is 0 Å². The maximum absolute atomic E-state index is 10.3. The minimum atomic E-state index is -0.695. The van der Waals surface area contributed by atoms with E-state index in [1.807, 2.05) is 0 Å². The average Bonchev–Trinajstić information content (AvgIpc) is 3.29. The van der Waals surface area contributed by atoms with Crippen molar-refractivity contribution >= 4 is 5.97 Å². The van der Waals surface area contributed by atoms with E-state index in [0.717, 1.165) is 32.1 Å². The van der Waals surface area contributed by atoms with Crippen LogP contribution in [0.3, 0.4) is 0 Å². The van der Waals surface area contributed by atoms with Gasteiger partial charge < -0.3 is 9.84 Å².